The van der Waals surface area contributed by atoms with Crippen LogP contribution in [-0.4, -0.2) is 22.1 Å². The van der Waals surface area contributed by atoms with E-state index in [9.17, 15) is 9.59 Å². The summed E-state index contributed by atoms with van der Waals surface area (Å²) in [6.45, 7) is 3.33. The summed E-state index contributed by atoms with van der Waals surface area (Å²) < 4.78 is 7.35. The van der Waals surface area contributed by atoms with E-state index < -0.39 is 0 Å². The molecule has 2 aromatic heterocycles. The summed E-state index contributed by atoms with van der Waals surface area (Å²) in [5.41, 5.74) is 2.17. The predicted octanol–water partition coefficient (Wildman–Crippen LogP) is 2.30. The number of nitrogens with one attached hydrogen (secondary N) is 1. The maximum Gasteiger partial charge on any atom is 0.257 e. The third-order valence-electron chi connectivity index (χ3n) is 4.41. The number of hydrogen-bond acceptors (Lipinski definition) is 4. The third-order valence-corrected chi connectivity index (χ3v) is 4.41. The van der Waals surface area contributed by atoms with E-state index >= 15 is 0 Å². The molecular formula is C19H23N3O3. The summed E-state index contributed by atoms with van der Waals surface area (Å²) in [6.07, 6.45) is 7.10. The van der Waals surface area contributed by atoms with E-state index in [1.54, 1.807) is 17.0 Å². The van der Waals surface area contributed by atoms with Gasteiger partial charge in [-0.3, -0.25) is 14.6 Å². The number of carbonyl (C=O) groups is 1. The second-order valence-electron chi connectivity index (χ2n) is 6.10. The highest BCUT2D eigenvalue weighted by atomic mass is 16.5. The molecule has 1 aliphatic heterocycles. The fourth-order valence-corrected chi connectivity index (χ4v) is 3.20. The van der Waals surface area contributed by atoms with Gasteiger partial charge in [0.15, 0.2) is 0 Å². The standard InChI is InChI=1S/C19H23N3O3/c1-2-25-16-12-17(23)22-11-5-3-4-6-15(22)18(16)19(24)21-13-14-7-9-20-10-8-14/h7-10,12H,2-6,11,13H2,1H3,(H,21,24). The van der Waals surface area contributed by atoms with Crippen LogP contribution < -0.4 is 15.6 Å². The average molecular weight is 341 g/mol. The van der Waals surface area contributed by atoms with E-state index in [0.29, 0.717) is 37.4 Å². The molecule has 132 valence electrons. The van der Waals surface area contributed by atoms with Gasteiger partial charge in [0.25, 0.3) is 11.5 Å². The minimum Gasteiger partial charge on any atom is -0.493 e. The van der Waals surface area contributed by atoms with Crippen LogP contribution in [0.5, 0.6) is 5.75 Å². The zero-order valence-electron chi connectivity index (χ0n) is 14.5. The second kappa shape index (κ2) is 7.96. The molecule has 6 nitrogen and oxygen atoms in total. The number of nitrogens with zero attached hydrogens (tertiary/aromatic N) is 2. The third kappa shape index (κ3) is 3.90. The minimum absolute atomic E-state index is 0.0916. The predicted molar refractivity (Wildman–Crippen MR) is 94.8 cm³/mol. The second-order valence-corrected chi connectivity index (χ2v) is 6.10. The lowest BCUT2D eigenvalue weighted by Crippen LogP contribution is -2.31. The van der Waals surface area contributed by atoms with Gasteiger partial charge < -0.3 is 14.6 Å². The van der Waals surface area contributed by atoms with E-state index in [1.165, 1.54) is 6.07 Å². The first-order valence-electron chi connectivity index (χ1n) is 8.77. The van der Waals surface area contributed by atoms with E-state index in [2.05, 4.69) is 10.3 Å². The molecule has 1 aliphatic rings. The summed E-state index contributed by atoms with van der Waals surface area (Å²) in [4.78, 5) is 29.3. The lowest BCUT2D eigenvalue weighted by Gasteiger charge is -2.18. The van der Waals surface area contributed by atoms with Crippen molar-refractivity contribution in [1.82, 2.24) is 14.9 Å². The summed E-state index contributed by atoms with van der Waals surface area (Å²) >= 11 is 0. The van der Waals surface area contributed by atoms with E-state index in [0.717, 1.165) is 30.5 Å². The van der Waals surface area contributed by atoms with Crippen LogP contribution in [-0.2, 0) is 19.5 Å². The topological polar surface area (TPSA) is 73.2 Å². The van der Waals surface area contributed by atoms with Crippen molar-refractivity contribution in [3.63, 3.8) is 0 Å². The molecule has 0 bridgehead atoms. The van der Waals surface area contributed by atoms with Gasteiger partial charge in [0.1, 0.15) is 11.3 Å². The summed E-state index contributed by atoms with van der Waals surface area (Å²) in [5.74, 6) is 0.179. The van der Waals surface area contributed by atoms with Crippen molar-refractivity contribution < 1.29 is 9.53 Å². The Bertz CT molecular complexity index is 800. The van der Waals surface area contributed by atoms with Crippen molar-refractivity contribution in [1.29, 1.82) is 0 Å². The Labute approximate surface area is 146 Å². The van der Waals surface area contributed by atoms with Gasteiger partial charge in [-0.05, 0) is 43.9 Å². The van der Waals surface area contributed by atoms with Crippen molar-refractivity contribution in [2.45, 2.75) is 45.7 Å². The number of rotatable bonds is 5. The van der Waals surface area contributed by atoms with Gasteiger partial charge in [-0.1, -0.05) is 6.42 Å². The van der Waals surface area contributed by atoms with Gasteiger partial charge >= 0.3 is 0 Å². The maximum absolute atomic E-state index is 12.9. The highest BCUT2D eigenvalue weighted by Gasteiger charge is 2.23. The van der Waals surface area contributed by atoms with Gasteiger partial charge in [-0.2, -0.15) is 0 Å². The molecule has 6 heteroatoms. The average Bonchev–Trinajstić information content (AvgIpc) is 2.87. The van der Waals surface area contributed by atoms with Crippen LogP contribution in [0.2, 0.25) is 0 Å². The highest BCUT2D eigenvalue weighted by molar-refractivity contribution is 5.98. The van der Waals surface area contributed by atoms with Crippen molar-refractivity contribution in [2.75, 3.05) is 6.61 Å². The normalized spacial score (nSPS) is 13.6. The Morgan fingerprint density at radius 2 is 2.08 bits per heavy atom. The molecule has 1 amide bonds. The molecule has 0 saturated heterocycles. The first kappa shape index (κ1) is 17.2. The van der Waals surface area contributed by atoms with Crippen LogP contribution in [0.1, 0.15) is 47.8 Å². The Morgan fingerprint density at radius 3 is 2.84 bits per heavy atom. The van der Waals surface area contributed by atoms with Gasteiger partial charge in [0, 0.05) is 37.2 Å². The van der Waals surface area contributed by atoms with Gasteiger partial charge in [0.2, 0.25) is 0 Å². The quantitative estimate of drug-likeness (QED) is 0.906. The van der Waals surface area contributed by atoms with Gasteiger partial charge in [0.05, 0.1) is 6.61 Å². The lowest BCUT2D eigenvalue weighted by molar-refractivity contribution is 0.0945. The molecule has 3 rings (SSSR count). The molecule has 3 heterocycles. The number of carbonyl (C=O) groups excluding carboxylic acids is 1. The van der Waals surface area contributed by atoms with Crippen LogP contribution >= 0.6 is 0 Å². The Morgan fingerprint density at radius 1 is 1.28 bits per heavy atom. The van der Waals surface area contributed by atoms with Crippen LogP contribution in [0.15, 0.2) is 35.4 Å². The molecule has 0 aromatic carbocycles. The van der Waals surface area contributed by atoms with E-state index in [-0.39, 0.29) is 11.5 Å². The molecule has 0 spiro atoms. The Balaban J connectivity index is 1.94. The molecule has 25 heavy (non-hydrogen) atoms. The molecule has 2 aromatic rings. The first-order valence-corrected chi connectivity index (χ1v) is 8.77. The fraction of sp³-hybridized carbons (Fsp3) is 0.421. The molecular weight excluding hydrogens is 318 g/mol. The van der Waals surface area contributed by atoms with Gasteiger partial charge in [-0.25, -0.2) is 0 Å². The summed E-state index contributed by atoms with van der Waals surface area (Å²) in [7, 11) is 0. The molecule has 0 atom stereocenters. The van der Waals surface area contributed by atoms with Crippen molar-refractivity contribution in [2.24, 2.45) is 0 Å². The molecule has 0 fully saturated rings. The SMILES string of the molecule is CCOc1cc(=O)n2c(c1C(=O)NCc1ccncc1)CCCCC2. The van der Waals surface area contributed by atoms with Crippen LogP contribution in [0, 0.1) is 0 Å². The lowest BCUT2D eigenvalue weighted by atomic mass is 10.1. The molecule has 0 aliphatic carbocycles. The maximum atomic E-state index is 12.9. The number of ether oxygens (including phenoxy) is 1. The van der Waals surface area contributed by atoms with Crippen LogP contribution in [0.25, 0.3) is 0 Å². The van der Waals surface area contributed by atoms with Crippen LogP contribution in [0.4, 0.5) is 0 Å². The van der Waals surface area contributed by atoms with Gasteiger partial charge in [-0.15, -0.1) is 0 Å². The smallest absolute Gasteiger partial charge is 0.257 e. The minimum atomic E-state index is -0.203. The number of pyridine rings is 2. The molecule has 1 N–H and O–H groups in total. The number of fused-ring (bicyclic) bond motifs is 1. The molecule has 0 radical (unpaired) electrons. The highest BCUT2D eigenvalue weighted by Crippen LogP contribution is 2.25. The fourth-order valence-electron chi connectivity index (χ4n) is 3.20. The number of aromatic nitrogens is 2. The summed E-state index contributed by atoms with van der Waals surface area (Å²) in [5, 5.41) is 2.94. The molecule has 0 saturated carbocycles. The monoisotopic (exact) mass is 341 g/mol. The van der Waals surface area contributed by atoms with E-state index in [4.69, 9.17) is 4.74 Å². The zero-order chi connectivity index (χ0) is 17.6. The Hall–Kier alpha value is -2.63. The largest absolute Gasteiger partial charge is 0.493 e. The molecule has 0 unspecified atom stereocenters. The Kier molecular flexibility index (Phi) is 5.48. The number of hydrogen-bond donors (Lipinski definition) is 1. The van der Waals surface area contributed by atoms with E-state index in [1.807, 2.05) is 19.1 Å². The van der Waals surface area contributed by atoms with Crippen molar-refractivity contribution in [3.8, 4) is 5.75 Å². The number of amides is 1. The first-order chi connectivity index (χ1) is 12.2. The van der Waals surface area contributed by atoms with Crippen molar-refractivity contribution in [3.05, 3.63) is 57.8 Å². The van der Waals surface area contributed by atoms with Crippen LogP contribution in [0.3, 0.4) is 0 Å². The zero-order valence-corrected chi connectivity index (χ0v) is 14.5. The summed E-state index contributed by atoms with van der Waals surface area (Å²) in [6, 6.07) is 5.17. The van der Waals surface area contributed by atoms with Crippen molar-refractivity contribution >= 4 is 5.91 Å².